The summed E-state index contributed by atoms with van der Waals surface area (Å²) in [6, 6.07) is 27.5. The predicted molar refractivity (Wildman–Crippen MR) is 161 cm³/mol. The Hall–Kier alpha value is -5.08. The summed E-state index contributed by atoms with van der Waals surface area (Å²) in [4.78, 5) is 25.1. The average Bonchev–Trinajstić information content (AvgIpc) is 2.99. The minimum atomic E-state index is -0.757. The molecule has 5 aromatic carbocycles. The van der Waals surface area contributed by atoms with Crippen LogP contribution in [0.3, 0.4) is 0 Å². The summed E-state index contributed by atoms with van der Waals surface area (Å²) in [6.07, 6.45) is 0. The molecule has 5 aromatic rings. The SMILES string of the molecule is COc1ccc(C(N=O)c2ccccc2)cc1N=Nc1c(O)c(C(=O)Nc2cc(Cl)ccc2C)cc2ccccc12. The number of phenols is 1. The lowest BCUT2D eigenvalue weighted by atomic mass is 9.99. The highest BCUT2D eigenvalue weighted by atomic mass is 35.5. The van der Waals surface area contributed by atoms with Crippen molar-refractivity contribution in [2.75, 3.05) is 12.4 Å². The second kappa shape index (κ2) is 12.0. The van der Waals surface area contributed by atoms with Gasteiger partial charge in [-0.15, -0.1) is 15.1 Å². The fourth-order valence-electron chi connectivity index (χ4n) is 4.52. The number of benzene rings is 5. The van der Waals surface area contributed by atoms with Crippen molar-refractivity contribution >= 4 is 45.3 Å². The van der Waals surface area contributed by atoms with Gasteiger partial charge in [0.15, 0.2) is 5.75 Å². The molecule has 0 bridgehead atoms. The smallest absolute Gasteiger partial charge is 0.259 e. The van der Waals surface area contributed by atoms with Crippen molar-refractivity contribution < 1.29 is 14.6 Å². The normalized spacial score (nSPS) is 11.9. The maximum Gasteiger partial charge on any atom is 0.259 e. The van der Waals surface area contributed by atoms with E-state index in [4.69, 9.17) is 16.3 Å². The van der Waals surface area contributed by atoms with Gasteiger partial charge in [-0.2, -0.15) is 0 Å². The molecule has 1 unspecified atom stereocenters. The molecule has 0 heterocycles. The molecule has 0 saturated heterocycles. The van der Waals surface area contributed by atoms with Crippen LogP contribution in [0.25, 0.3) is 10.8 Å². The van der Waals surface area contributed by atoms with Crippen LogP contribution in [-0.2, 0) is 0 Å². The number of hydrogen-bond acceptors (Lipinski definition) is 7. The second-order valence-corrected chi connectivity index (χ2v) is 9.74. The van der Waals surface area contributed by atoms with Gasteiger partial charge in [0.2, 0.25) is 0 Å². The highest BCUT2D eigenvalue weighted by Gasteiger charge is 2.20. The molecule has 0 aliphatic rings. The third kappa shape index (κ3) is 5.78. The number of halogens is 1. The van der Waals surface area contributed by atoms with Crippen LogP contribution in [0.2, 0.25) is 5.02 Å². The average molecular weight is 565 g/mol. The van der Waals surface area contributed by atoms with Crippen molar-refractivity contribution in [2.45, 2.75) is 13.0 Å². The molecule has 8 nitrogen and oxygen atoms in total. The van der Waals surface area contributed by atoms with Crippen molar-refractivity contribution in [1.82, 2.24) is 0 Å². The van der Waals surface area contributed by atoms with Crippen LogP contribution >= 0.6 is 11.6 Å². The summed E-state index contributed by atoms with van der Waals surface area (Å²) >= 11 is 6.12. The molecule has 0 saturated carbocycles. The predicted octanol–water partition coefficient (Wildman–Crippen LogP) is 9.04. The van der Waals surface area contributed by atoms with Crippen LogP contribution in [0, 0.1) is 11.8 Å². The molecule has 9 heteroatoms. The van der Waals surface area contributed by atoms with E-state index in [-0.39, 0.29) is 17.0 Å². The van der Waals surface area contributed by atoms with Gasteiger partial charge in [-0.1, -0.05) is 83.5 Å². The zero-order valence-electron chi connectivity index (χ0n) is 22.2. The lowest BCUT2D eigenvalue weighted by Crippen LogP contribution is -2.13. The highest BCUT2D eigenvalue weighted by Crippen LogP contribution is 2.41. The molecule has 0 fully saturated rings. The minimum Gasteiger partial charge on any atom is -0.505 e. The number of ether oxygens (including phenoxy) is 1. The van der Waals surface area contributed by atoms with Gasteiger partial charge in [0.05, 0.1) is 12.7 Å². The number of aromatic hydroxyl groups is 1. The topological polar surface area (TPSA) is 113 Å². The maximum atomic E-state index is 13.3. The maximum absolute atomic E-state index is 13.3. The number of fused-ring (bicyclic) bond motifs is 1. The molecule has 0 aromatic heterocycles. The van der Waals surface area contributed by atoms with E-state index in [1.807, 2.05) is 49.4 Å². The number of phenolic OH excluding ortho intramolecular Hbond substituents is 1. The summed E-state index contributed by atoms with van der Waals surface area (Å²) in [7, 11) is 1.50. The quantitative estimate of drug-likeness (QED) is 0.144. The zero-order valence-corrected chi connectivity index (χ0v) is 23.0. The molecule has 5 rings (SSSR count). The number of nitrogens with one attached hydrogen (secondary N) is 1. The first-order valence-corrected chi connectivity index (χ1v) is 13.1. The summed E-state index contributed by atoms with van der Waals surface area (Å²) < 4.78 is 5.47. The number of anilines is 1. The van der Waals surface area contributed by atoms with Crippen molar-refractivity contribution in [3.8, 4) is 11.5 Å². The number of rotatable bonds is 8. The number of methoxy groups -OCH3 is 1. The first-order valence-electron chi connectivity index (χ1n) is 12.7. The van der Waals surface area contributed by atoms with Crippen molar-refractivity contribution in [3.63, 3.8) is 0 Å². The number of carbonyl (C=O) groups is 1. The van der Waals surface area contributed by atoms with Gasteiger partial charge >= 0.3 is 0 Å². The molecule has 1 atom stereocenters. The Morgan fingerprint density at radius 3 is 2.41 bits per heavy atom. The number of aryl methyl sites for hydroxylation is 1. The molecule has 1 amide bonds. The van der Waals surface area contributed by atoms with Gasteiger partial charge in [0.1, 0.15) is 23.2 Å². The van der Waals surface area contributed by atoms with Crippen LogP contribution in [-0.4, -0.2) is 18.1 Å². The van der Waals surface area contributed by atoms with Gasteiger partial charge in [0.25, 0.3) is 5.91 Å². The fourth-order valence-corrected chi connectivity index (χ4v) is 4.69. The summed E-state index contributed by atoms with van der Waals surface area (Å²) in [5.74, 6) is -0.460. The van der Waals surface area contributed by atoms with Crippen molar-refractivity contribution in [1.29, 1.82) is 0 Å². The van der Waals surface area contributed by atoms with Gasteiger partial charge < -0.3 is 15.2 Å². The number of azo groups is 1. The first kappa shape index (κ1) is 27.5. The van der Waals surface area contributed by atoms with Crippen molar-refractivity contribution in [2.24, 2.45) is 15.4 Å². The third-order valence-electron chi connectivity index (χ3n) is 6.68. The van der Waals surface area contributed by atoms with E-state index in [1.54, 1.807) is 54.6 Å². The molecule has 0 aliphatic heterocycles. The Labute approximate surface area is 241 Å². The minimum absolute atomic E-state index is 0.0204. The standard InChI is InChI=1S/C32H25ClN4O4/c1-19-12-14-23(33)18-26(19)34-32(39)25-16-21-10-6-7-11-24(21)30(31(25)38)36-35-27-17-22(13-15-28(27)41-2)29(37-40)20-8-4-3-5-9-20/h3-18,29,38H,1-2H3,(H,34,39). The first-order chi connectivity index (χ1) is 19.9. The van der Waals surface area contributed by atoms with Crippen LogP contribution < -0.4 is 10.1 Å². The number of nitrogens with zero attached hydrogens (tertiary/aromatic N) is 3. The molecule has 41 heavy (non-hydrogen) atoms. The molecular weight excluding hydrogens is 540 g/mol. The molecule has 2 N–H and O–H groups in total. The largest absolute Gasteiger partial charge is 0.505 e. The Morgan fingerprint density at radius 2 is 1.66 bits per heavy atom. The molecule has 204 valence electrons. The molecular formula is C32H25ClN4O4. The lowest BCUT2D eigenvalue weighted by molar-refractivity contribution is 0.102. The van der Waals surface area contributed by atoms with E-state index in [2.05, 4.69) is 20.7 Å². The monoisotopic (exact) mass is 564 g/mol. The van der Waals surface area contributed by atoms with Crippen LogP contribution in [0.15, 0.2) is 112 Å². The molecule has 0 spiro atoms. The Kier molecular flexibility index (Phi) is 8.03. The summed E-state index contributed by atoms with van der Waals surface area (Å²) in [5.41, 5.74) is 3.11. The highest BCUT2D eigenvalue weighted by molar-refractivity contribution is 6.31. The van der Waals surface area contributed by atoms with E-state index >= 15 is 0 Å². The second-order valence-electron chi connectivity index (χ2n) is 9.31. The van der Waals surface area contributed by atoms with E-state index < -0.39 is 11.9 Å². The van der Waals surface area contributed by atoms with Crippen LogP contribution in [0.1, 0.15) is 33.1 Å². The van der Waals surface area contributed by atoms with Gasteiger partial charge in [-0.05, 0) is 59.3 Å². The number of hydrogen-bond donors (Lipinski definition) is 2. The fraction of sp³-hybridized carbons (Fsp3) is 0.0938. The van der Waals surface area contributed by atoms with E-state index in [1.165, 1.54) is 7.11 Å². The third-order valence-corrected chi connectivity index (χ3v) is 6.92. The van der Waals surface area contributed by atoms with Gasteiger partial charge in [-0.25, -0.2) is 0 Å². The van der Waals surface area contributed by atoms with E-state index in [0.29, 0.717) is 38.5 Å². The summed E-state index contributed by atoms with van der Waals surface area (Å²) in [5, 5.41) is 27.9. The lowest BCUT2D eigenvalue weighted by Gasteiger charge is -2.13. The van der Waals surface area contributed by atoms with Crippen molar-refractivity contribution in [3.05, 3.63) is 129 Å². The Balaban J connectivity index is 1.57. The zero-order chi connectivity index (χ0) is 28.9. The number of carbonyl (C=O) groups excluding carboxylic acids is 1. The molecule has 0 aliphatic carbocycles. The summed E-state index contributed by atoms with van der Waals surface area (Å²) in [6.45, 7) is 1.84. The Bertz CT molecular complexity index is 1790. The molecule has 0 radical (unpaired) electrons. The Morgan fingerprint density at radius 1 is 0.902 bits per heavy atom. The number of amides is 1. The van der Waals surface area contributed by atoms with Crippen LogP contribution in [0.5, 0.6) is 11.5 Å². The van der Waals surface area contributed by atoms with E-state index in [0.717, 1.165) is 11.1 Å². The van der Waals surface area contributed by atoms with Crippen LogP contribution in [0.4, 0.5) is 17.1 Å². The number of nitroso groups, excluding NO2 is 1. The van der Waals surface area contributed by atoms with Gasteiger partial charge in [0, 0.05) is 16.1 Å². The van der Waals surface area contributed by atoms with Gasteiger partial charge in [-0.3, -0.25) is 4.79 Å². The van der Waals surface area contributed by atoms with E-state index in [9.17, 15) is 14.8 Å².